The molecule has 0 aromatic heterocycles. The Hall–Kier alpha value is 0.790. The van der Waals surface area contributed by atoms with Crippen LogP contribution in [0.15, 0.2) is 9.65 Å². The van der Waals surface area contributed by atoms with Crippen LogP contribution in [0.5, 0.6) is 0 Å². The Kier molecular flexibility index (Phi) is 8.45. The molecule has 0 spiro atoms. The molecule has 0 N–H and O–H groups in total. The fourth-order valence-corrected chi connectivity index (χ4v) is 4.21. The van der Waals surface area contributed by atoms with Crippen molar-refractivity contribution < 1.29 is 0 Å². The first-order valence-corrected chi connectivity index (χ1v) is 7.81. The summed E-state index contributed by atoms with van der Waals surface area (Å²) >= 11 is 5.87. The molecule has 0 nitrogen and oxygen atoms in total. The maximum Gasteiger partial charge on any atom is 0.0469 e. The number of hydrogen-bond donors (Lipinski definition) is 0. The zero-order chi connectivity index (χ0) is 11.1. The van der Waals surface area contributed by atoms with Crippen molar-refractivity contribution in [2.24, 2.45) is 0 Å². The predicted molar refractivity (Wildman–Crippen MR) is 76.3 cm³/mol. The van der Waals surface area contributed by atoms with Crippen LogP contribution in [-0.2, 0) is 0 Å². The van der Waals surface area contributed by atoms with Crippen LogP contribution in [0.1, 0.15) is 41.5 Å². The lowest BCUT2D eigenvalue weighted by molar-refractivity contribution is 1.11. The van der Waals surface area contributed by atoms with Crippen molar-refractivity contribution in [3.63, 3.8) is 0 Å². The Morgan fingerprint density at radius 3 is 1.50 bits per heavy atom. The highest BCUT2D eigenvalue weighted by Crippen LogP contribution is 2.36. The number of thioether (sulfide) groups is 3. The summed E-state index contributed by atoms with van der Waals surface area (Å²) < 4.78 is 1.47. The third-order valence-corrected chi connectivity index (χ3v) is 4.58. The van der Waals surface area contributed by atoms with E-state index in [-0.39, 0.29) is 0 Å². The van der Waals surface area contributed by atoms with Crippen LogP contribution >= 0.6 is 35.3 Å². The largest absolute Gasteiger partial charge is 0.130 e. The molecular weight excluding hydrogens is 228 g/mol. The van der Waals surface area contributed by atoms with Crippen LogP contribution in [0.3, 0.4) is 0 Å². The minimum atomic E-state index is 0.681. The summed E-state index contributed by atoms with van der Waals surface area (Å²) in [5.41, 5.74) is 0. The van der Waals surface area contributed by atoms with Crippen molar-refractivity contribution >= 4 is 35.3 Å². The quantitative estimate of drug-likeness (QED) is 0.635. The number of hydrogen-bond acceptors (Lipinski definition) is 3. The highest BCUT2D eigenvalue weighted by Gasteiger charge is 2.06. The molecule has 0 unspecified atom stereocenters. The van der Waals surface area contributed by atoms with Gasteiger partial charge in [-0.3, -0.25) is 0 Å². The van der Waals surface area contributed by atoms with E-state index in [0.29, 0.717) is 15.7 Å². The molecule has 0 aromatic carbocycles. The molecule has 0 atom stereocenters. The highest BCUT2D eigenvalue weighted by atomic mass is 32.2. The summed E-state index contributed by atoms with van der Waals surface area (Å²) in [6.07, 6.45) is 0. The fraction of sp³-hybridized carbons (Fsp3) is 0.818. The second kappa shape index (κ2) is 8.00. The topological polar surface area (TPSA) is 0 Å². The van der Waals surface area contributed by atoms with E-state index in [0.717, 1.165) is 0 Å². The number of rotatable bonds is 6. The van der Waals surface area contributed by atoms with E-state index in [1.165, 1.54) is 4.24 Å². The van der Waals surface area contributed by atoms with E-state index in [2.05, 4.69) is 47.0 Å². The van der Waals surface area contributed by atoms with Crippen molar-refractivity contribution in [1.29, 1.82) is 0 Å². The van der Waals surface area contributed by atoms with Gasteiger partial charge in [0, 0.05) is 20.0 Å². The standard InChI is InChI=1S/C11H22S3/c1-8(2)12-7-11(13-9(3)4)14-10(5)6/h7-10H,1-6H3. The van der Waals surface area contributed by atoms with Gasteiger partial charge in [0.1, 0.15) is 0 Å². The van der Waals surface area contributed by atoms with Crippen molar-refractivity contribution in [1.82, 2.24) is 0 Å². The molecule has 0 rings (SSSR count). The van der Waals surface area contributed by atoms with Gasteiger partial charge in [-0.25, -0.2) is 0 Å². The van der Waals surface area contributed by atoms with Gasteiger partial charge < -0.3 is 0 Å². The van der Waals surface area contributed by atoms with E-state index in [1.807, 2.05) is 35.3 Å². The van der Waals surface area contributed by atoms with E-state index in [9.17, 15) is 0 Å². The summed E-state index contributed by atoms with van der Waals surface area (Å²) in [5.74, 6) is 0. The average molecular weight is 250 g/mol. The van der Waals surface area contributed by atoms with Gasteiger partial charge >= 0.3 is 0 Å². The molecule has 0 fully saturated rings. The minimum absolute atomic E-state index is 0.681. The fourth-order valence-electron chi connectivity index (χ4n) is 0.740. The molecule has 0 aliphatic heterocycles. The van der Waals surface area contributed by atoms with Gasteiger partial charge in [0.05, 0.1) is 0 Å². The van der Waals surface area contributed by atoms with Crippen LogP contribution in [0.4, 0.5) is 0 Å². The van der Waals surface area contributed by atoms with Crippen LogP contribution in [0.25, 0.3) is 0 Å². The third-order valence-electron chi connectivity index (χ3n) is 1.14. The van der Waals surface area contributed by atoms with Gasteiger partial charge in [-0.1, -0.05) is 41.5 Å². The third kappa shape index (κ3) is 9.35. The summed E-state index contributed by atoms with van der Waals surface area (Å²) in [4.78, 5) is 0. The van der Waals surface area contributed by atoms with Gasteiger partial charge in [-0.2, -0.15) is 0 Å². The van der Waals surface area contributed by atoms with Gasteiger partial charge in [-0.05, 0) is 5.41 Å². The molecule has 0 amide bonds. The summed E-state index contributed by atoms with van der Waals surface area (Å²) in [7, 11) is 0. The Morgan fingerprint density at radius 1 is 0.786 bits per heavy atom. The lowest BCUT2D eigenvalue weighted by atomic mass is 10.6. The molecule has 84 valence electrons. The molecule has 0 bridgehead atoms. The second-order valence-corrected chi connectivity index (χ2v) is 8.90. The zero-order valence-electron chi connectivity index (χ0n) is 10.0. The minimum Gasteiger partial charge on any atom is -0.130 e. The summed E-state index contributed by atoms with van der Waals surface area (Å²) in [5, 5.41) is 4.37. The second-order valence-electron chi connectivity index (χ2n) is 3.95. The molecule has 0 aliphatic rings. The molecule has 3 heteroatoms. The van der Waals surface area contributed by atoms with Crippen molar-refractivity contribution in [2.45, 2.75) is 57.3 Å². The van der Waals surface area contributed by atoms with Crippen LogP contribution in [0, 0.1) is 0 Å². The normalized spacial score (nSPS) is 11.5. The van der Waals surface area contributed by atoms with E-state index in [1.54, 1.807) is 0 Å². The Morgan fingerprint density at radius 2 is 1.21 bits per heavy atom. The molecule has 0 radical (unpaired) electrons. The Bertz CT molecular complexity index is 159. The highest BCUT2D eigenvalue weighted by molar-refractivity contribution is 8.23. The lowest BCUT2D eigenvalue weighted by Crippen LogP contribution is -1.91. The zero-order valence-corrected chi connectivity index (χ0v) is 12.5. The predicted octanol–water partition coefficient (Wildman–Crippen LogP) is 5.21. The van der Waals surface area contributed by atoms with Crippen LogP contribution < -0.4 is 0 Å². The van der Waals surface area contributed by atoms with Gasteiger partial charge in [0.2, 0.25) is 0 Å². The summed E-state index contributed by atoms with van der Waals surface area (Å²) in [6.45, 7) is 13.5. The first kappa shape index (κ1) is 14.8. The Labute approximate surface area is 102 Å². The van der Waals surface area contributed by atoms with E-state index < -0.39 is 0 Å². The van der Waals surface area contributed by atoms with Gasteiger partial charge in [-0.15, -0.1) is 35.3 Å². The first-order chi connectivity index (χ1) is 6.41. The van der Waals surface area contributed by atoms with Crippen molar-refractivity contribution in [3.05, 3.63) is 9.65 Å². The molecular formula is C11H22S3. The maximum atomic E-state index is 2.32. The van der Waals surface area contributed by atoms with Crippen molar-refractivity contribution in [2.75, 3.05) is 0 Å². The molecule has 0 heterocycles. The maximum absolute atomic E-state index is 2.32. The molecule has 0 aliphatic carbocycles. The van der Waals surface area contributed by atoms with E-state index >= 15 is 0 Å². The van der Waals surface area contributed by atoms with Gasteiger partial charge in [0.15, 0.2) is 0 Å². The molecule has 0 saturated heterocycles. The molecule has 0 saturated carbocycles. The average Bonchev–Trinajstić information content (AvgIpc) is 1.97. The van der Waals surface area contributed by atoms with Gasteiger partial charge in [0.25, 0.3) is 0 Å². The Balaban J connectivity index is 4.15. The molecule has 14 heavy (non-hydrogen) atoms. The van der Waals surface area contributed by atoms with Crippen LogP contribution in [0.2, 0.25) is 0 Å². The monoisotopic (exact) mass is 250 g/mol. The van der Waals surface area contributed by atoms with Crippen LogP contribution in [-0.4, -0.2) is 15.7 Å². The lowest BCUT2D eigenvalue weighted by Gasteiger charge is -2.12. The SMILES string of the molecule is CC(C)SC=C(SC(C)C)SC(C)C. The van der Waals surface area contributed by atoms with E-state index in [4.69, 9.17) is 0 Å². The van der Waals surface area contributed by atoms with Crippen molar-refractivity contribution in [3.8, 4) is 0 Å². The smallest absolute Gasteiger partial charge is 0.0469 e. The molecule has 0 aromatic rings. The first-order valence-electron chi connectivity index (χ1n) is 5.10. The summed E-state index contributed by atoms with van der Waals surface area (Å²) in [6, 6.07) is 0.